The maximum atomic E-state index is 12.1. The minimum atomic E-state index is -3.62. The lowest BCUT2D eigenvalue weighted by Gasteiger charge is -2.08. The molecule has 0 atom stereocenters. The summed E-state index contributed by atoms with van der Waals surface area (Å²) >= 11 is 0. The molecule has 2 aromatic rings. The average molecular weight is 278 g/mol. The second kappa shape index (κ2) is 5.38. The van der Waals surface area contributed by atoms with Gasteiger partial charge in [-0.1, -0.05) is 12.1 Å². The second-order valence-electron chi connectivity index (χ2n) is 4.10. The van der Waals surface area contributed by atoms with Gasteiger partial charge in [0.25, 0.3) is 10.0 Å². The largest absolute Gasteiger partial charge is 0.392 e. The van der Waals surface area contributed by atoms with Crippen molar-refractivity contribution in [2.75, 3.05) is 4.72 Å². The molecule has 1 aromatic heterocycles. The van der Waals surface area contributed by atoms with E-state index in [0.29, 0.717) is 11.3 Å². The van der Waals surface area contributed by atoms with Crippen LogP contribution in [0.1, 0.15) is 11.3 Å². The monoisotopic (exact) mass is 278 g/mol. The number of hydrogen-bond donors (Lipinski definition) is 2. The summed E-state index contributed by atoms with van der Waals surface area (Å²) in [4.78, 5) is 4.17. The van der Waals surface area contributed by atoms with Crippen LogP contribution in [0.2, 0.25) is 0 Å². The van der Waals surface area contributed by atoms with E-state index in [1.807, 2.05) is 6.92 Å². The Morgan fingerprint density at radius 1 is 1.16 bits per heavy atom. The number of aliphatic hydroxyl groups excluding tert-OH is 1. The highest BCUT2D eigenvalue weighted by Gasteiger charge is 2.13. The number of aromatic nitrogens is 1. The molecule has 0 saturated heterocycles. The minimum absolute atomic E-state index is 0.115. The van der Waals surface area contributed by atoms with E-state index < -0.39 is 10.0 Å². The number of nitrogens with one attached hydrogen (secondary N) is 1. The molecule has 1 heterocycles. The van der Waals surface area contributed by atoms with E-state index in [9.17, 15) is 8.42 Å². The maximum Gasteiger partial charge on any atom is 0.261 e. The smallest absolute Gasteiger partial charge is 0.261 e. The minimum Gasteiger partial charge on any atom is -0.392 e. The van der Waals surface area contributed by atoms with E-state index in [2.05, 4.69) is 9.71 Å². The van der Waals surface area contributed by atoms with Gasteiger partial charge >= 0.3 is 0 Å². The Morgan fingerprint density at radius 2 is 1.84 bits per heavy atom. The lowest BCUT2D eigenvalue weighted by molar-refractivity contribution is 0.282. The van der Waals surface area contributed by atoms with Crippen molar-refractivity contribution in [3.05, 3.63) is 53.9 Å². The first kappa shape index (κ1) is 13.5. The summed E-state index contributed by atoms with van der Waals surface area (Å²) in [5.41, 5.74) is 1.89. The first-order chi connectivity index (χ1) is 9.01. The van der Waals surface area contributed by atoms with Gasteiger partial charge in [0.05, 0.1) is 23.4 Å². The van der Waals surface area contributed by atoms with Crippen LogP contribution in [0.3, 0.4) is 0 Å². The lowest BCUT2D eigenvalue weighted by Crippen LogP contribution is -2.13. The summed E-state index contributed by atoms with van der Waals surface area (Å²) < 4.78 is 26.6. The predicted octanol–water partition coefficient (Wildman–Crippen LogP) is 1.68. The number of anilines is 1. The van der Waals surface area contributed by atoms with E-state index in [-0.39, 0.29) is 11.5 Å². The Kier molecular flexibility index (Phi) is 3.82. The molecule has 0 bridgehead atoms. The summed E-state index contributed by atoms with van der Waals surface area (Å²) in [6.07, 6.45) is 1.47. The summed E-state index contributed by atoms with van der Waals surface area (Å²) in [6.45, 7) is 1.71. The van der Waals surface area contributed by atoms with Gasteiger partial charge in [-0.25, -0.2) is 8.42 Å². The zero-order valence-corrected chi connectivity index (χ0v) is 11.2. The number of sulfonamides is 1. The van der Waals surface area contributed by atoms with E-state index in [1.165, 1.54) is 18.3 Å². The Hall–Kier alpha value is -1.92. The predicted molar refractivity (Wildman–Crippen MR) is 72.1 cm³/mol. The summed E-state index contributed by atoms with van der Waals surface area (Å²) in [7, 11) is -3.62. The van der Waals surface area contributed by atoms with Gasteiger partial charge in [0.2, 0.25) is 0 Å². The Labute approximate surface area is 112 Å². The molecule has 0 saturated carbocycles. The molecule has 2 N–H and O–H groups in total. The number of nitrogens with zero attached hydrogens (tertiary/aromatic N) is 1. The Balaban J connectivity index is 2.24. The highest BCUT2D eigenvalue weighted by Crippen LogP contribution is 2.16. The molecule has 0 aliphatic heterocycles. The van der Waals surface area contributed by atoms with Crippen LogP contribution in [-0.4, -0.2) is 18.5 Å². The fourth-order valence-electron chi connectivity index (χ4n) is 1.52. The molecule has 5 nitrogen and oxygen atoms in total. The Morgan fingerprint density at radius 3 is 2.37 bits per heavy atom. The molecular weight excluding hydrogens is 264 g/mol. The number of hydrogen-bond acceptors (Lipinski definition) is 4. The van der Waals surface area contributed by atoms with Crippen LogP contribution < -0.4 is 4.72 Å². The third-order valence-corrected chi connectivity index (χ3v) is 3.98. The van der Waals surface area contributed by atoms with Gasteiger partial charge in [-0.2, -0.15) is 0 Å². The highest BCUT2D eigenvalue weighted by atomic mass is 32.2. The molecule has 0 radical (unpaired) electrons. The lowest BCUT2D eigenvalue weighted by atomic mass is 10.2. The molecule has 100 valence electrons. The number of aryl methyl sites for hydroxylation is 1. The topological polar surface area (TPSA) is 79.3 Å². The zero-order chi connectivity index (χ0) is 13.9. The molecule has 19 heavy (non-hydrogen) atoms. The summed E-state index contributed by atoms with van der Waals surface area (Å²) in [6, 6.07) is 9.43. The van der Waals surface area contributed by atoms with Gasteiger partial charge in [-0.3, -0.25) is 9.71 Å². The zero-order valence-electron chi connectivity index (χ0n) is 10.4. The van der Waals surface area contributed by atoms with E-state index >= 15 is 0 Å². The molecule has 0 amide bonds. The van der Waals surface area contributed by atoms with E-state index in [4.69, 9.17) is 5.11 Å². The number of benzene rings is 1. The standard InChI is InChI=1S/C13H14N2O3S/c1-10-2-5-12(8-14-10)15-19(17,18)13-6-3-11(9-16)4-7-13/h2-8,15-16H,9H2,1H3. The van der Waals surface area contributed by atoms with Gasteiger partial charge in [0.15, 0.2) is 0 Å². The quantitative estimate of drug-likeness (QED) is 0.892. The SMILES string of the molecule is Cc1ccc(NS(=O)(=O)c2ccc(CO)cc2)cn1. The van der Waals surface area contributed by atoms with Crippen LogP contribution in [-0.2, 0) is 16.6 Å². The summed E-state index contributed by atoms with van der Waals surface area (Å²) in [5.74, 6) is 0. The van der Waals surface area contributed by atoms with Crippen molar-refractivity contribution < 1.29 is 13.5 Å². The van der Waals surface area contributed by atoms with Gasteiger partial charge in [0, 0.05) is 5.69 Å². The molecule has 0 aliphatic rings. The van der Waals surface area contributed by atoms with Gasteiger partial charge in [-0.15, -0.1) is 0 Å². The molecule has 0 aliphatic carbocycles. The normalized spacial score (nSPS) is 11.3. The highest BCUT2D eigenvalue weighted by molar-refractivity contribution is 7.92. The van der Waals surface area contributed by atoms with Crippen LogP contribution in [0.15, 0.2) is 47.5 Å². The fraction of sp³-hybridized carbons (Fsp3) is 0.154. The van der Waals surface area contributed by atoms with Crippen molar-refractivity contribution in [2.45, 2.75) is 18.4 Å². The Bertz CT molecular complexity index is 649. The van der Waals surface area contributed by atoms with E-state index in [1.54, 1.807) is 24.3 Å². The molecular formula is C13H14N2O3S. The molecule has 2 rings (SSSR count). The van der Waals surface area contributed by atoms with E-state index in [0.717, 1.165) is 5.69 Å². The summed E-state index contributed by atoms with van der Waals surface area (Å²) in [5, 5.41) is 8.92. The van der Waals surface area contributed by atoms with Crippen molar-refractivity contribution in [2.24, 2.45) is 0 Å². The molecule has 1 aromatic carbocycles. The number of aliphatic hydroxyl groups is 1. The van der Waals surface area contributed by atoms with Crippen molar-refractivity contribution >= 4 is 15.7 Å². The number of pyridine rings is 1. The fourth-order valence-corrected chi connectivity index (χ4v) is 2.56. The first-order valence-electron chi connectivity index (χ1n) is 5.66. The molecule has 0 fully saturated rings. The molecule has 0 unspecified atom stereocenters. The van der Waals surface area contributed by atoms with Crippen molar-refractivity contribution in [1.82, 2.24) is 4.98 Å². The number of rotatable bonds is 4. The van der Waals surface area contributed by atoms with Crippen LogP contribution in [0, 0.1) is 6.92 Å². The maximum absolute atomic E-state index is 12.1. The molecule has 0 spiro atoms. The van der Waals surface area contributed by atoms with Crippen LogP contribution in [0.4, 0.5) is 5.69 Å². The third kappa shape index (κ3) is 3.30. The van der Waals surface area contributed by atoms with Gasteiger partial charge in [0.1, 0.15) is 0 Å². The van der Waals surface area contributed by atoms with Crippen LogP contribution in [0.25, 0.3) is 0 Å². The third-order valence-electron chi connectivity index (χ3n) is 2.58. The van der Waals surface area contributed by atoms with Crippen molar-refractivity contribution in [3.8, 4) is 0 Å². The average Bonchev–Trinajstić information content (AvgIpc) is 2.41. The van der Waals surface area contributed by atoms with Crippen molar-refractivity contribution in [1.29, 1.82) is 0 Å². The second-order valence-corrected chi connectivity index (χ2v) is 5.78. The van der Waals surface area contributed by atoms with Crippen LogP contribution in [0.5, 0.6) is 0 Å². The van der Waals surface area contributed by atoms with Gasteiger partial charge < -0.3 is 5.11 Å². The molecule has 6 heteroatoms. The van der Waals surface area contributed by atoms with Crippen molar-refractivity contribution in [3.63, 3.8) is 0 Å². The van der Waals surface area contributed by atoms with Crippen LogP contribution >= 0.6 is 0 Å². The first-order valence-corrected chi connectivity index (χ1v) is 7.15. The van der Waals surface area contributed by atoms with Gasteiger partial charge in [-0.05, 0) is 36.8 Å².